The Kier molecular flexibility index (Phi) is 5.00. The second-order valence-corrected chi connectivity index (χ2v) is 6.96. The van der Waals surface area contributed by atoms with Crippen LogP contribution in [0.25, 0.3) is 0 Å². The molecule has 0 unspecified atom stereocenters. The van der Waals surface area contributed by atoms with Crippen molar-refractivity contribution in [1.29, 1.82) is 0 Å². The third-order valence-corrected chi connectivity index (χ3v) is 3.90. The van der Waals surface area contributed by atoms with E-state index in [1.54, 1.807) is 12.1 Å². The van der Waals surface area contributed by atoms with Crippen LogP contribution in [0.2, 0.25) is 0 Å². The first-order chi connectivity index (χ1) is 10.8. The summed E-state index contributed by atoms with van der Waals surface area (Å²) < 4.78 is 0. The number of thiazole rings is 1. The number of hydrogen-bond acceptors (Lipinski definition) is 4. The van der Waals surface area contributed by atoms with Crippen molar-refractivity contribution in [2.24, 2.45) is 0 Å². The van der Waals surface area contributed by atoms with Crippen molar-refractivity contribution in [1.82, 2.24) is 10.3 Å². The molecule has 2 amide bonds. The number of carboxylic acids is 1. The summed E-state index contributed by atoms with van der Waals surface area (Å²) in [6.07, 6.45) is 0. The summed E-state index contributed by atoms with van der Waals surface area (Å²) >= 11 is 1.38. The third-order valence-electron chi connectivity index (χ3n) is 3.15. The van der Waals surface area contributed by atoms with E-state index < -0.39 is 5.97 Å². The Morgan fingerprint density at radius 1 is 1.22 bits per heavy atom. The highest BCUT2D eigenvalue weighted by Gasteiger charge is 2.18. The van der Waals surface area contributed by atoms with Gasteiger partial charge in [-0.25, -0.2) is 14.6 Å². The number of anilines is 1. The number of nitrogens with zero attached hydrogens (tertiary/aromatic N) is 1. The lowest BCUT2D eigenvalue weighted by Gasteiger charge is -2.14. The summed E-state index contributed by atoms with van der Waals surface area (Å²) in [4.78, 5) is 27.0. The lowest BCUT2D eigenvalue weighted by atomic mass is 9.93. The number of carbonyl (C=O) groups excluding carboxylic acids is 1. The van der Waals surface area contributed by atoms with E-state index in [1.807, 2.05) is 5.38 Å². The number of carboxylic acid groups (broad SMARTS) is 1. The molecule has 0 aliphatic rings. The van der Waals surface area contributed by atoms with Gasteiger partial charge in [0.25, 0.3) is 0 Å². The van der Waals surface area contributed by atoms with Gasteiger partial charge < -0.3 is 10.4 Å². The molecule has 6 nitrogen and oxygen atoms in total. The van der Waals surface area contributed by atoms with Crippen LogP contribution in [-0.4, -0.2) is 22.1 Å². The zero-order chi connectivity index (χ0) is 17.0. The van der Waals surface area contributed by atoms with Gasteiger partial charge in [-0.15, -0.1) is 11.3 Å². The maximum Gasteiger partial charge on any atom is 0.335 e. The number of rotatable bonds is 4. The zero-order valence-corrected chi connectivity index (χ0v) is 14.0. The maximum absolute atomic E-state index is 11.9. The van der Waals surface area contributed by atoms with Gasteiger partial charge in [-0.1, -0.05) is 32.9 Å². The highest BCUT2D eigenvalue weighted by Crippen LogP contribution is 2.26. The minimum Gasteiger partial charge on any atom is -0.478 e. The SMILES string of the molecule is CC(C)(C)c1csc(NC(=O)NCc2ccc(C(=O)O)cc2)n1. The van der Waals surface area contributed by atoms with Crippen LogP contribution in [0.5, 0.6) is 0 Å². The molecule has 122 valence electrons. The number of nitrogens with one attached hydrogen (secondary N) is 2. The fourth-order valence-electron chi connectivity index (χ4n) is 1.76. The molecule has 0 spiro atoms. The van der Waals surface area contributed by atoms with E-state index in [2.05, 4.69) is 36.4 Å². The van der Waals surface area contributed by atoms with Crippen LogP contribution in [0.3, 0.4) is 0 Å². The highest BCUT2D eigenvalue weighted by atomic mass is 32.1. The van der Waals surface area contributed by atoms with Gasteiger partial charge in [-0.3, -0.25) is 5.32 Å². The Morgan fingerprint density at radius 2 is 1.87 bits per heavy atom. The zero-order valence-electron chi connectivity index (χ0n) is 13.2. The number of urea groups is 1. The van der Waals surface area contributed by atoms with E-state index in [0.29, 0.717) is 11.7 Å². The average molecular weight is 333 g/mol. The minimum atomic E-state index is -0.972. The number of aromatic carboxylic acids is 1. The van der Waals surface area contributed by atoms with Crippen molar-refractivity contribution in [3.05, 3.63) is 46.5 Å². The standard InChI is InChI=1S/C16H19N3O3S/c1-16(2,3)12-9-23-15(18-12)19-14(22)17-8-10-4-6-11(7-5-10)13(20)21/h4-7,9H,8H2,1-3H3,(H,20,21)(H2,17,18,19,22). The van der Waals surface area contributed by atoms with E-state index in [9.17, 15) is 9.59 Å². The van der Waals surface area contributed by atoms with Gasteiger partial charge >= 0.3 is 12.0 Å². The second kappa shape index (κ2) is 6.78. The number of hydrogen-bond donors (Lipinski definition) is 3. The molecule has 3 N–H and O–H groups in total. The first-order valence-electron chi connectivity index (χ1n) is 7.09. The van der Waals surface area contributed by atoms with Gasteiger partial charge in [-0.05, 0) is 17.7 Å². The van der Waals surface area contributed by atoms with Gasteiger partial charge in [-0.2, -0.15) is 0 Å². The van der Waals surface area contributed by atoms with Crippen molar-refractivity contribution >= 4 is 28.5 Å². The second-order valence-electron chi connectivity index (χ2n) is 6.10. The number of carbonyl (C=O) groups is 2. The predicted octanol–water partition coefficient (Wildman–Crippen LogP) is 3.46. The maximum atomic E-state index is 11.9. The van der Waals surface area contributed by atoms with E-state index in [0.717, 1.165) is 11.3 Å². The molecule has 0 bridgehead atoms. The molecular weight excluding hydrogens is 314 g/mol. The smallest absolute Gasteiger partial charge is 0.335 e. The Morgan fingerprint density at radius 3 is 2.39 bits per heavy atom. The molecule has 23 heavy (non-hydrogen) atoms. The van der Waals surface area contributed by atoms with Gasteiger partial charge in [0.05, 0.1) is 11.3 Å². The topological polar surface area (TPSA) is 91.3 Å². The van der Waals surface area contributed by atoms with Crippen molar-refractivity contribution in [3.63, 3.8) is 0 Å². The molecule has 0 atom stereocenters. The fraction of sp³-hybridized carbons (Fsp3) is 0.312. The molecule has 2 aromatic rings. The Hall–Kier alpha value is -2.41. The van der Waals surface area contributed by atoms with E-state index in [-0.39, 0.29) is 17.0 Å². The predicted molar refractivity (Wildman–Crippen MR) is 90.1 cm³/mol. The van der Waals surface area contributed by atoms with E-state index in [4.69, 9.17) is 5.11 Å². The summed E-state index contributed by atoms with van der Waals surface area (Å²) in [6.45, 7) is 6.50. The normalized spacial score (nSPS) is 11.1. The molecule has 1 aromatic heterocycles. The van der Waals surface area contributed by atoms with Crippen LogP contribution in [-0.2, 0) is 12.0 Å². The largest absolute Gasteiger partial charge is 0.478 e. The van der Waals surface area contributed by atoms with Crippen LogP contribution < -0.4 is 10.6 Å². The van der Waals surface area contributed by atoms with Crippen molar-refractivity contribution in [2.75, 3.05) is 5.32 Å². The Labute approximate surface area is 138 Å². The van der Waals surface area contributed by atoms with Crippen molar-refractivity contribution in [3.8, 4) is 0 Å². The van der Waals surface area contributed by atoms with Crippen LogP contribution in [0, 0.1) is 0 Å². The lowest BCUT2D eigenvalue weighted by Crippen LogP contribution is -2.28. The monoisotopic (exact) mass is 333 g/mol. The molecule has 1 aromatic carbocycles. The molecule has 1 heterocycles. The van der Waals surface area contributed by atoms with Gasteiger partial charge in [0, 0.05) is 17.3 Å². The van der Waals surface area contributed by atoms with E-state index >= 15 is 0 Å². The summed E-state index contributed by atoms with van der Waals surface area (Å²) in [6, 6.07) is 6.01. The number of amides is 2. The molecule has 2 rings (SSSR count). The van der Waals surface area contributed by atoms with Crippen LogP contribution in [0.4, 0.5) is 9.93 Å². The first kappa shape index (κ1) is 17.0. The number of benzene rings is 1. The molecule has 0 saturated heterocycles. The van der Waals surface area contributed by atoms with Gasteiger partial charge in [0.15, 0.2) is 5.13 Å². The quantitative estimate of drug-likeness (QED) is 0.799. The van der Waals surface area contributed by atoms with Gasteiger partial charge in [0.2, 0.25) is 0 Å². The van der Waals surface area contributed by atoms with E-state index in [1.165, 1.54) is 23.5 Å². The summed E-state index contributed by atoms with van der Waals surface area (Å²) in [5.41, 5.74) is 1.91. The molecule has 0 aliphatic carbocycles. The Balaban J connectivity index is 1.87. The Bertz CT molecular complexity index is 702. The fourth-order valence-corrected chi connectivity index (χ4v) is 2.70. The summed E-state index contributed by atoms with van der Waals surface area (Å²) in [5, 5.41) is 16.7. The molecule has 0 aliphatic heterocycles. The molecule has 7 heteroatoms. The first-order valence-corrected chi connectivity index (χ1v) is 7.97. The average Bonchev–Trinajstić information content (AvgIpc) is 2.94. The number of aromatic nitrogens is 1. The van der Waals surface area contributed by atoms with Crippen LogP contribution in [0.15, 0.2) is 29.6 Å². The van der Waals surface area contributed by atoms with Crippen molar-refractivity contribution in [2.45, 2.75) is 32.7 Å². The highest BCUT2D eigenvalue weighted by molar-refractivity contribution is 7.13. The third kappa shape index (κ3) is 4.79. The summed E-state index contributed by atoms with van der Waals surface area (Å²) in [5.74, 6) is -0.972. The van der Waals surface area contributed by atoms with Crippen LogP contribution in [0.1, 0.15) is 42.4 Å². The molecule has 0 saturated carbocycles. The van der Waals surface area contributed by atoms with Crippen molar-refractivity contribution < 1.29 is 14.7 Å². The lowest BCUT2D eigenvalue weighted by molar-refractivity contribution is 0.0697. The summed E-state index contributed by atoms with van der Waals surface area (Å²) in [7, 11) is 0. The molecule has 0 fully saturated rings. The minimum absolute atomic E-state index is 0.0568. The van der Waals surface area contributed by atoms with Crippen LogP contribution >= 0.6 is 11.3 Å². The molecule has 0 radical (unpaired) electrons. The van der Waals surface area contributed by atoms with Gasteiger partial charge in [0.1, 0.15) is 0 Å². The molecular formula is C16H19N3O3S.